The molecule has 0 saturated carbocycles. The summed E-state index contributed by atoms with van der Waals surface area (Å²) in [6.07, 6.45) is 4.68. The molecule has 116 valence electrons. The van der Waals surface area contributed by atoms with Crippen LogP contribution < -0.4 is 0 Å². The third kappa shape index (κ3) is 3.47. The molecule has 0 aliphatic carbocycles. The fraction of sp³-hybridized carbons (Fsp3) is 0.467. The Morgan fingerprint density at radius 3 is 2.82 bits per heavy atom. The van der Waals surface area contributed by atoms with Crippen molar-refractivity contribution in [3.63, 3.8) is 0 Å². The van der Waals surface area contributed by atoms with Gasteiger partial charge in [-0.1, -0.05) is 23.8 Å². The summed E-state index contributed by atoms with van der Waals surface area (Å²) in [5.74, 6) is 1.80. The van der Waals surface area contributed by atoms with Gasteiger partial charge in [0.05, 0.1) is 16.3 Å². The minimum Gasteiger partial charge on any atom is -0.342 e. The second-order valence-corrected chi connectivity index (χ2v) is 6.13. The molecule has 0 unspecified atom stereocenters. The lowest BCUT2D eigenvalue weighted by Crippen LogP contribution is -2.29. The van der Waals surface area contributed by atoms with E-state index in [1.54, 1.807) is 6.20 Å². The highest BCUT2D eigenvalue weighted by Gasteiger charge is 2.18. The summed E-state index contributed by atoms with van der Waals surface area (Å²) >= 11 is 1.46. The number of pyridine rings is 1. The van der Waals surface area contributed by atoms with Crippen LogP contribution in [0.2, 0.25) is 0 Å². The number of nitrogens with zero attached hydrogens (tertiary/aromatic N) is 4. The van der Waals surface area contributed by atoms with Crippen molar-refractivity contribution in [2.45, 2.75) is 31.2 Å². The van der Waals surface area contributed by atoms with Crippen LogP contribution in [0.3, 0.4) is 0 Å². The van der Waals surface area contributed by atoms with Crippen molar-refractivity contribution in [2.75, 3.05) is 18.8 Å². The monoisotopic (exact) mass is 318 g/mol. The minimum absolute atomic E-state index is 0.192. The highest BCUT2D eigenvalue weighted by molar-refractivity contribution is 7.99. The summed E-state index contributed by atoms with van der Waals surface area (Å²) in [5.41, 5.74) is 0.794. The number of hydrogen-bond acceptors (Lipinski definition) is 6. The number of carbonyl (C=O) groups excluding carboxylic acids is 1. The Kier molecular flexibility index (Phi) is 4.72. The number of aromatic nitrogens is 3. The van der Waals surface area contributed by atoms with Gasteiger partial charge in [0.25, 0.3) is 5.89 Å². The number of aryl methyl sites for hydroxylation is 1. The van der Waals surface area contributed by atoms with Crippen LogP contribution in [0.5, 0.6) is 0 Å². The van der Waals surface area contributed by atoms with Gasteiger partial charge in [0.1, 0.15) is 0 Å². The lowest BCUT2D eigenvalue weighted by Gasteiger charge is -2.14. The SMILES string of the molecule is CCc1noc(-c2ccc(SCC(=O)N3CCCC3)nc2)n1. The van der Waals surface area contributed by atoms with Crippen LogP contribution in [0.4, 0.5) is 0 Å². The number of rotatable bonds is 5. The Morgan fingerprint density at radius 1 is 1.36 bits per heavy atom. The van der Waals surface area contributed by atoms with Gasteiger partial charge in [0.2, 0.25) is 5.91 Å². The summed E-state index contributed by atoms with van der Waals surface area (Å²) in [6, 6.07) is 3.77. The largest absolute Gasteiger partial charge is 0.342 e. The maximum atomic E-state index is 12.0. The maximum absolute atomic E-state index is 12.0. The number of hydrogen-bond donors (Lipinski definition) is 0. The van der Waals surface area contributed by atoms with Crippen LogP contribution >= 0.6 is 11.8 Å². The van der Waals surface area contributed by atoms with Gasteiger partial charge < -0.3 is 9.42 Å². The highest BCUT2D eigenvalue weighted by Crippen LogP contribution is 2.21. The van der Waals surface area contributed by atoms with Gasteiger partial charge in [-0.15, -0.1) is 0 Å². The van der Waals surface area contributed by atoms with Gasteiger partial charge in [0, 0.05) is 25.7 Å². The topological polar surface area (TPSA) is 72.1 Å². The summed E-state index contributed by atoms with van der Waals surface area (Å²) in [5, 5.41) is 4.69. The molecule has 1 aliphatic rings. The zero-order chi connectivity index (χ0) is 15.4. The molecule has 7 heteroatoms. The Bertz CT molecular complexity index is 635. The lowest BCUT2D eigenvalue weighted by atomic mass is 10.3. The van der Waals surface area contributed by atoms with Crippen molar-refractivity contribution in [2.24, 2.45) is 0 Å². The zero-order valence-electron chi connectivity index (χ0n) is 12.5. The van der Waals surface area contributed by atoms with E-state index < -0.39 is 0 Å². The predicted molar refractivity (Wildman–Crippen MR) is 83.4 cm³/mol. The average molecular weight is 318 g/mol. The molecule has 0 bridgehead atoms. The molecule has 0 radical (unpaired) electrons. The number of carbonyl (C=O) groups is 1. The van der Waals surface area contributed by atoms with E-state index in [2.05, 4.69) is 15.1 Å². The smallest absolute Gasteiger partial charge is 0.259 e. The van der Waals surface area contributed by atoms with Crippen molar-refractivity contribution < 1.29 is 9.32 Å². The third-order valence-corrected chi connectivity index (χ3v) is 4.50. The average Bonchev–Trinajstić information content (AvgIpc) is 3.24. The molecule has 3 rings (SSSR count). The summed E-state index contributed by atoms with van der Waals surface area (Å²) in [7, 11) is 0. The normalized spacial score (nSPS) is 14.5. The number of thioether (sulfide) groups is 1. The number of likely N-dealkylation sites (tertiary alicyclic amines) is 1. The molecule has 0 spiro atoms. The molecule has 0 aromatic carbocycles. The van der Waals surface area contributed by atoms with Crippen molar-refractivity contribution in [1.29, 1.82) is 0 Å². The molecular weight excluding hydrogens is 300 g/mol. The van der Waals surface area contributed by atoms with Gasteiger partial charge in [-0.05, 0) is 25.0 Å². The summed E-state index contributed by atoms with van der Waals surface area (Å²) in [4.78, 5) is 22.5. The third-order valence-electron chi connectivity index (χ3n) is 3.57. The van der Waals surface area contributed by atoms with Crippen molar-refractivity contribution in [3.05, 3.63) is 24.2 Å². The van der Waals surface area contributed by atoms with Crippen LogP contribution in [-0.4, -0.2) is 44.8 Å². The van der Waals surface area contributed by atoms with Crippen LogP contribution in [0, 0.1) is 0 Å². The van der Waals surface area contributed by atoms with Crippen LogP contribution in [0.25, 0.3) is 11.5 Å². The van der Waals surface area contributed by atoms with Crippen molar-refractivity contribution in [3.8, 4) is 11.5 Å². The second kappa shape index (κ2) is 6.91. The minimum atomic E-state index is 0.192. The summed E-state index contributed by atoms with van der Waals surface area (Å²) < 4.78 is 5.18. The quantitative estimate of drug-likeness (QED) is 0.788. The standard InChI is InChI=1S/C15H18N4O2S/c1-2-12-17-15(21-18-12)11-5-6-13(16-9-11)22-10-14(20)19-7-3-4-8-19/h5-6,9H,2-4,7-8,10H2,1H3. The van der Waals surface area contributed by atoms with Crippen LogP contribution in [0.1, 0.15) is 25.6 Å². The molecule has 2 aromatic heterocycles. The second-order valence-electron chi connectivity index (χ2n) is 5.13. The molecule has 1 saturated heterocycles. The van der Waals surface area contributed by atoms with E-state index in [4.69, 9.17) is 4.52 Å². The van der Waals surface area contributed by atoms with E-state index in [1.165, 1.54) is 11.8 Å². The van der Waals surface area contributed by atoms with E-state index >= 15 is 0 Å². The highest BCUT2D eigenvalue weighted by atomic mass is 32.2. The Hall–Kier alpha value is -1.89. The molecule has 2 aromatic rings. The van der Waals surface area contributed by atoms with Crippen LogP contribution in [-0.2, 0) is 11.2 Å². The summed E-state index contributed by atoms with van der Waals surface area (Å²) in [6.45, 7) is 3.76. The molecular formula is C15H18N4O2S. The van der Waals surface area contributed by atoms with E-state index in [-0.39, 0.29) is 5.91 Å². The van der Waals surface area contributed by atoms with E-state index in [1.807, 2.05) is 24.0 Å². The molecule has 3 heterocycles. The zero-order valence-corrected chi connectivity index (χ0v) is 13.3. The fourth-order valence-electron chi connectivity index (χ4n) is 2.30. The van der Waals surface area contributed by atoms with Gasteiger partial charge in [-0.3, -0.25) is 4.79 Å². The molecule has 1 aliphatic heterocycles. The first kappa shape index (κ1) is 15.0. The molecule has 22 heavy (non-hydrogen) atoms. The first-order valence-electron chi connectivity index (χ1n) is 7.46. The van der Waals surface area contributed by atoms with Crippen molar-refractivity contribution in [1.82, 2.24) is 20.0 Å². The van der Waals surface area contributed by atoms with Gasteiger partial charge in [-0.25, -0.2) is 4.98 Å². The molecule has 1 fully saturated rings. The first-order chi connectivity index (χ1) is 10.8. The molecule has 0 N–H and O–H groups in total. The van der Waals surface area contributed by atoms with E-state index in [0.29, 0.717) is 17.5 Å². The van der Waals surface area contributed by atoms with E-state index in [0.717, 1.165) is 42.9 Å². The maximum Gasteiger partial charge on any atom is 0.259 e. The first-order valence-corrected chi connectivity index (χ1v) is 8.44. The molecule has 1 amide bonds. The van der Waals surface area contributed by atoms with Gasteiger partial charge in [-0.2, -0.15) is 4.98 Å². The van der Waals surface area contributed by atoms with E-state index in [9.17, 15) is 4.79 Å². The number of amides is 1. The lowest BCUT2D eigenvalue weighted by molar-refractivity contribution is -0.127. The Labute approximate surface area is 133 Å². The fourth-order valence-corrected chi connectivity index (χ4v) is 3.05. The van der Waals surface area contributed by atoms with Crippen LogP contribution in [0.15, 0.2) is 27.9 Å². The Morgan fingerprint density at radius 2 is 2.18 bits per heavy atom. The molecule has 6 nitrogen and oxygen atoms in total. The van der Waals surface area contributed by atoms with Gasteiger partial charge >= 0.3 is 0 Å². The van der Waals surface area contributed by atoms with Gasteiger partial charge in [0.15, 0.2) is 5.82 Å². The molecule has 0 atom stereocenters. The van der Waals surface area contributed by atoms with Crippen molar-refractivity contribution >= 4 is 17.7 Å². The Balaban J connectivity index is 1.58. The predicted octanol–water partition coefficient (Wildman–Crippen LogP) is 2.41.